The number of fused-ring (bicyclic) bond motifs is 1. The molecular weight excluding hydrogens is 607 g/mol. The van der Waals surface area contributed by atoms with Crippen molar-refractivity contribution in [1.29, 1.82) is 0 Å². The summed E-state index contributed by atoms with van der Waals surface area (Å²) in [7, 11) is 0. The second-order valence-corrected chi connectivity index (χ2v) is 12.7. The maximum absolute atomic E-state index is 15.3. The summed E-state index contributed by atoms with van der Waals surface area (Å²) >= 11 is 0. The second-order valence-electron chi connectivity index (χ2n) is 12.7. The minimum Gasteiger partial charge on any atom is -0.366 e. The minimum absolute atomic E-state index is 0.0457. The van der Waals surface area contributed by atoms with E-state index in [2.05, 4.69) is 22.5 Å². The lowest BCUT2D eigenvalue weighted by molar-refractivity contribution is -0.132. The molecule has 7 rings (SSSR count). The van der Waals surface area contributed by atoms with E-state index in [9.17, 15) is 9.59 Å². The number of carbonyl (C=O) groups excluding carboxylic acids is 1. The third-order valence-corrected chi connectivity index (χ3v) is 9.31. The fraction of sp³-hybridized carbons (Fsp3) is 0.324. The summed E-state index contributed by atoms with van der Waals surface area (Å²) in [6.07, 6.45) is 4.56. The summed E-state index contributed by atoms with van der Waals surface area (Å²) in [5.74, 6) is -0.0374. The molecule has 2 atom stereocenters. The molecule has 0 bridgehead atoms. The van der Waals surface area contributed by atoms with Crippen LogP contribution in [0, 0.1) is 12.7 Å². The van der Waals surface area contributed by atoms with Gasteiger partial charge in [0, 0.05) is 67.7 Å². The van der Waals surface area contributed by atoms with Crippen LogP contribution >= 0.6 is 0 Å². The van der Waals surface area contributed by atoms with E-state index >= 15 is 4.39 Å². The van der Waals surface area contributed by atoms with Crippen molar-refractivity contribution < 1.29 is 9.18 Å². The zero-order valence-electron chi connectivity index (χ0n) is 27.4. The first-order valence-electron chi connectivity index (χ1n) is 16.5. The molecule has 1 amide bonds. The Balaban J connectivity index is 1.25. The number of nitrogens with zero attached hydrogens (tertiary/aromatic N) is 6. The number of rotatable bonds is 6. The number of aryl methyl sites for hydroxylation is 1. The van der Waals surface area contributed by atoms with Gasteiger partial charge in [-0.2, -0.15) is 4.98 Å². The number of aromatic nitrogens is 4. The molecule has 3 aromatic heterocycles. The molecule has 246 valence electrons. The van der Waals surface area contributed by atoms with E-state index in [1.54, 1.807) is 29.8 Å². The second kappa shape index (κ2) is 13.2. The third kappa shape index (κ3) is 6.13. The van der Waals surface area contributed by atoms with E-state index < -0.39 is 0 Å². The topological polar surface area (TPSA) is 108 Å². The first-order valence-corrected chi connectivity index (χ1v) is 16.5. The normalized spacial score (nSPS) is 18.2. The number of benzene rings is 2. The molecule has 48 heavy (non-hydrogen) atoms. The van der Waals surface area contributed by atoms with Crippen LogP contribution in [0.1, 0.15) is 50.5 Å². The van der Waals surface area contributed by atoms with E-state index in [-0.39, 0.29) is 35.3 Å². The molecule has 2 aliphatic rings. The quantitative estimate of drug-likeness (QED) is 0.235. The van der Waals surface area contributed by atoms with Gasteiger partial charge in [-0.05, 0) is 75.6 Å². The van der Waals surface area contributed by atoms with Crippen molar-refractivity contribution in [3.8, 4) is 16.8 Å². The Morgan fingerprint density at radius 2 is 1.83 bits per heavy atom. The van der Waals surface area contributed by atoms with Crippen LogP contribution in [0.25, 0.3) is 27.8 Å². The zero-order chi connectivity index (χ0) is 33.4. The van der Waals surface area contributed by atoms with Crippen LogP contribution in [0.15, 0.2) is 77.7 Å². The summed E-state index contributed by atoms with van der Waals surface area (Å²) < 4.78 is 16.9. The van der Waals surface area contributed by atoms with E-state index in [0.717, 1.165) is 51.1 Å². The Morgan fingerprint density at radius 1 is 1.00 bits per heavy atom. The molecule has 10 nitrogen and oxygen atoms in total. The Hall–Kier alpha value is -5.16. The Labute approximate surface area is 278 Å². The van der Waals surface area contributed by atoms with Gasteiger partial charge in [0.2, 0.25) is 11.9 Å². The fourth-order valence-electron chi connectivity index (χ4n) is 6.95. The monoisotopic (exact) mass is 646 g/mol. The number of piperidine rings is 1. The Morgan fingerprint density at radius 3 is 2.58 bits per heavy atom. The molecule has 2 aliphatic heterocycles. The molecule has 5 aromatic rings. The van der Waals surface area contributed by atoms with Crippen molar-refractivity contribution in [1.82, 2.24) is 29.7 Å². The SMILES string of the molecule is CC(=O)N1CCCCC1c1ccc(-c2cc3cnc(Nc4ccc(N5CCNC(C)C5)c(F)c4)nc3n(-c3ccccc3)c2=O)c(C)n1. The highest BCUT2D eigenvalue weighted by molar-refractivity contribution is 5.84. The first kappa shape index (κ1) is 31.4. The van der Waals surface area contributed by atoms with Crippen molar-refractivity contribution in [2.24, 2.45) is 0 Å². The molecule has 0 radical (unpaired) electrons. The summed E-state index contributed by atoms with van der Waals surface area (Å²) in [5, 5.41) is 7.17. The predicted molar refractivity (Wildman–Crippen MR) is 186 cm³/mol. The number of amides is 1. The Bertz CT molecular complexity index is 2050. The number of pyridine rings is 2. The average Bonchev–Trinajstić information content (AvgIpc) is 3.08. The largest absolute Gasteiger partial charge is 0.366 e. The molecule has 2 fully saturated rings. The molecule has 0 aliphatic carbocycles. The molecule has 2 aromatic carbocycles. The smallest absolute Gasteiger partial charge is 0.264 e. The van der Waals surface area contributed by atoms with Crippen LogP contribution in [0.5, 0.6) is 0 Å². The number of anilines is 3. The van der Waals surface area contributed by atoms with Crippen molar-refractivity contribution in [3.63, 3.8) is 0 Å². The van der Waals surface area contributed by atoms with Gasteiger partial charge in [0.15, 0.2) is 5.65 Å². The lowest BCUT2D eigenvalue weighted by Crippen LogP contribution is -2.49. The number of piperazine rings is 1. The lowest BCUT2D eigenvalue weighted by Gasteiger charge is -2.34. The van der Waals surface area contributed by atoms with Crippen LogP contribution < -0.4 is 21.1 Å². The molecule has 5 heterocycles. The summed E-state index contributed by atoms with van der Waals surface area (Å²) in [6.45, 7) is 8.58. The van der Waals surface area contributed by atoms with Gasteiger partial charge in [0.25, 0.3) is 5.56 Å². The van der Waals surface area contributed by atoms with Crippen LogP contribution in [-0.4, -0.2) is 62.5 Å². The van der Waals surface area contributed by atoms with Gasteiger partial charge < -0.3 is 20.4 Å². The molecule has 0 spiro atoms. The van der Waals surface area contributed by atoms with Gasteiger partial charge >= 0.3 is 0 Å². The highest BCUT2D eigenvalue weighted by Crippen LogP contribution is 2.33. The molecular formula is C37H39FN8O2. The maximum Gasteiger partial charge on any atom is 0.264 e. The number of nitrogens with one attached hydrogen (secondary N) is 2. The van der Waals surface area contributed by atoms with Gasteiger partial charge in [-0.3, -0.25) is 19.1 Å². The van der Waals surface area contributed by atoms with Crippen LogP contribution in [0.3, 0.4) is 0 Å². The van der Waals surface area contributed by atoms with Gasteiger partial charge in [0.1, 0.15) is 5.82 Å². The van der Waals surface area contributed by atoms with Crippen molar-refractivity contribution in [3.05, 3.63) is 100 Å². The van der Waals surface area contributed by atoms with Gasteiger partial charge in [-0.1, -0.05) is 24.3 Å². The van der Waals surface area contributed by atoms with Crippen molar-refractivity contribution >= 4 is 34.3 Å². The lowest BCUT2D eigenvalue weighted by atomic mass is 9.97. The number of hydrogen-bond acceptors (Lipinski definition) is 8. The number of likely N-dealkylation sites (tertiary alicyclic amines) is 1. The van der Waals surface area contributed by atoms with Crippen molar-refractivity contribution in [2.75, 3.05) is 36.4 Å². The Kier molecular flexibility index (Phi) is 8.62. The van der Waals surface area contributed by atoms with E-state index in [4.69, 9.17) is 9.97 Å². The number of para-hydroxylation sites is 1. The molecule has 11 heteroatoms. The highest BCUT2D eigenvalue weighted by Gasteiger charge is 2.28. The van der Waals surface area contributed by atoms with Crippen LogP contribution in [0.4, 0.5) is 21.7 Å². The average molecular weight is 647 g/mol. The van der Waals surface area contributed by atoms with E-state index in [1.165, 1.54) is 6.07 Å². The van der Waals surface area contributed by atoms with Crippen LogP contribution in [0.2, 0.25) is 0 Å². The van der Waals surface area contributed by atoms with Gasteiger partial charge in [-0.25, -0.2) is 9.37 Å². The number of carbonyl (C=O) groups is 1. The third-order valence-electron chi connectivity index (χ3n) is 9.31. The molecule has 2 unspecified atom stereocenters. The van der Waals surface area contributed by atoms with Gasteiger partial charge in [0.05, 0.1) is 28.7 Å². The standard InChI is InChI=1S/C37H39FN8O2/c1-23-22-44(18-16-39-23)33-15-12-27(20-31(33)38)42-37-40-21-26-19-30(36(48)46(35(26)43-37)28-9-5-4-6-10-28)29-13-14-32(41-24(29)2)34-11-7-8-17-45(34)25(3)47/h4-6,9-10,12-15,19-21,23,34,39H,7-8,11,16-18,22H2,1-3H3,(H,40,42,43). The summed E-state index contributed by atoms with van der Waals surface area (Å²) in [5.41, 5.74) is 4.61. The molecule has 0 saturated carbocycles. The summed E-state index contributed by atoms with van der Waals surface area (Å²) in [4.78, 5) is 44.8. The fourth-order valence-corrected chi connectivity index (χ4v) is 6.95. The van der Waals surface area contributed by atoms with Gasteiger partial charge in [-0.15, -0.1) is 0 Å². The van der Waals surface area contributed by atoms with E-state index in [1.807, 2.05) is 65.3 Å². The predicted octanol–water partition coefficient (Wildman–Crippen LogP) is 5.91. The zero-order valence-corrected chi connectivity index (χ0v) is 27.4. The first-order chi connectivity index (χ1) is 23.3. The van der Waals surface area contributed by atoms with E-state index in [0.29, 0.717) is 44.9 Å². The van der Waals surface area contributed by atoms with Crippen molar-refractivity contribution in [2.45, 2.75) is 52.1 Å². The minimum atomic E-state index is -0.326. The number of halogens is 1. The molecule has 2 N–H and O–H groups in total. The maximum atomic E-state index is 15.3. The number of hydrogen-bond donors (Lipinski definition) is 2. The van der Waals surface area contributed by atoms with Crippen LogP contribution in [-0.2, 0) is 4.79 Å². The highest BCUT2D eigenvalue weighted by atomic mass is 19.1. The molecule has 2 saturated heterocycles. The summed E-state index contributed by atoms with van der Waals surface area (Å²) in [6, 6.07) is 20.3.